The number of hydrogen-bond acceptors (Lipinski definition) is 7. The Morgan fingerprint density at radius 1 is 1.26 bits per heavy atom. The molecule has 2 N–H and O–H groups in total. The van der Waals surface area contributed by atoms with E-state index in [0.29, 0.717) is 36.6 Å². The van der Waals surface area contributed by atoms with Crippen molar-refractivity contribution < 1.29 is 13.2 Å². The molecular formula is C18H20B5N7O3S. The lowest BCUT2D eigenvalue weighted by Gasteiger charge is -2.42. The highest BCUT2D eigenvalue weighted by atomic mass is 32.2. The number of anilines is 1. The minimum absolute atomic E-state index is 0.0281. The van der Waals surface area contributed by atoms with E-state index in [1.807, 2.05) is 6.92 Å². The van der Waals surface area contributed by atoms with Crippen LogP contribution in [0.25, 0.3) is 16.8 Å². The predicted octanol–water partition coefficient (Wildman–Crippen LogP) is -0.850. The maximum atomic E-state index is 11.9. The van der Waals surface area contributed by atoms with E-state index in [0.717, 1.165) is 0 Å². The summed E-state index contributed by atoms with van der Waals surface area (Å²) in [6, 6.07) is 1.68. The normalized spacial score (nSPS) is 20.4. The molecule has 10 nitrogen and oxygen atoms in total. The first-order valence-electron chi connectivity index (χ1n) is 10.5. The van der Waals surface area contributed by atoms with Crippen LogP contribution in [0.5, 0.6) is 5.75 Å². The molecule has 0 aliphatic carbocycles. The molecule has 16 heteroatoms. The number of rotatable bonds is 7. The van der Waals surface area contributed by atoms with Crippen LogP contribution in [0.3, 0.4) is 0 Å². The van der Waals surface area contributed by atoms with Gasteiger partial charge >= 0.3 is 0 Å². The molecule has 4 rings (SSSR count). The Balaban J connectivity index is 1.68. The molecule has 34 heavy (non-hydrogen) atoms. The Labute approximate surface area is 205 Å². The summed E-state index contributed by atoms with van der Waals surface area (Å²) in [7, 11) is 25.9. The Bertz CT molecular complexity index is 1280. The molecular weight excluding hydrogens is 448 g/mol. The molecule has 1 saturated heterocycles. The van der Waals surface area contributed by atoms with Crippen LogP contribution >= 0.6 is 0 Å². The molecule has 0 bridgehead atoms. The number of nitrogens with zero attached hydrogens (tertiary/aromatic N) is 5. The van der Waals surface area contributed by atoms with Crippen molar-refractivity contribution in [2.75, 3.05) is 24.7 Å². The maximum Gasteiger partial charge on any atom is 0.243 e. The van der Waals surface area contributed by atoms with Crippen LogP contribution in [-0.2, 0) is 10.0 Å². The molecule has 0 amide bonds. The minimum Gasteiger partial charge on any atom is -0.504 e. The standard InChI is InChI=1S/C18H20B5N7O3S/c1-10-9-29(34(2,31)32)5-4-13(10)26-16-27-15-14(33-18(22,23)17(19,20)21)12(3-6-30(15)28-16)11-7-24-25-8-11/h3,6-8,10,13H,4-5,9H2,1-2H3,(H,24,25)(H,26,28)/t10-,13+/m1/s1. The number of pyridine rings is 1. The van der Waals surface area contributed by atoms with Crippen LogP contribution < -0.4 is 10.1 Å². The zero-order chi connectivity index (χ0) is 24.9. The van der Waals surface area contributed by atoms with Gasteiger partial charge in [-0.05, 0) is 18.4 Å². The fourth-order valence-electron chi connectivity index (χ4n) is 3.76. The van der Waals surface area contributed by atoms with E-state index in [9.17, 15) is 8.42 Å². The first-order valence-corrected chi connectivity index (χ1v) is 12.3. The molecule has 3 aromatic heterocycles. The van der Waals surface area contributed by atoms with Crippen molar-refractivity contribution in [1.29, 1.82) is 0 Å². The summed E-state index contributed by atoms with van der Waals surface area (Å²) in [4.78, 5) is 4.57. The van der Waals surface area contributed by atoms with Gasteiger partial charge in [-0.3, -0.25) is 5.10 Å². The van der Waals surface area contributed by atoms with Crippen LogP contribution in [-0.4, -0.2) is 108 Å². The van der Waals surface area contributed by atoms with E-state index in [1.54, 1.807) is 24.7 Å². The van der Waals surface area contributed by atoms with Crippen molar-refractivity contribution in [3.63, 3.8) is 0 Å². The van der Waals surface area contributed by atoms with Gasteiger partial charge in [-0.15, -0.1) is 10.2 Å². The first-order chi connectivity index (χ1) is 15.8. The summed E-state index contributed by atoms with van der Waals surface area (Å²) in [5.41, 5.74) is 1.51. The second-order valence-corrected chi connectivity index (χ2v) is 10.7. The largest absolute Gasteiger partial charge is 0.504 e. The van der Waals surface area contributed by atoms with Gasteiger partial charge in [0.25, 0.3) is 0 Å². The lowest BCUT2D eigenvalue weighted by molar-refractivity contribution is 0.244. The smallest absolute Gasteiger partial charge is 0.243 e. The molecule has 1 aliphatic heterocycles. The average Bonchev–Trinajstić information content (AvgIpc) is 3.37. The number of fused-ring (bicyclic) bond motifs is 1. The van der Waals surface area contributed by atoms with Gasteiger partial charge in [-0.25, -0.2) is 17.2 Å². The average molecular weight is 469 g/mol. The van der Waals surface area contributed by atoms with Gasteiger partial charge in [0, 0.05) is 48.1 Å². The van der Waals surface area contributed by atoms with Crippen molar-refractivity contribution in [3.05, 3.63) is 24.7 Å². The number of nitrogens with one attached hydrogen (secondary N) is 2. The summed E-state index contributed by atoms with van der Waals surface area (Å²) >= 11 is 0. The van der Waals surface area contributed by atoms with Gasteiger partial charge in [0.05, 0.1) is 36.0 Å². The third-order valence-electron chi connectivity index (χ3n) is 5.87. The predicted molar refractivity (Wildman–Crippen MR) is 133 cm³/mol. The quantitative estimate of drug-likeness (QED) is 0.434. The summed E-state index contributed by atoms with van der Waals surface area (Å²) in [5.74, 6) is 0.499. The van der Waals surface area contributed by atoms with E-state index < -0.39 is 20.5 Å². The third kappa shape index (κ3) is 4.88. The van der Waals surface area contributed by atoms with Gasteiger partial charge in [0.2, 0.25) is 16.0 Å². The third-order valence-corrected chi connectivity index (χ3v) is 7.14. The Morgan fingerprint density at radius 2 is 2.00 bits per heavy atom. The molecule has 10 radical (unpaired) electrons. The van der Waals surface area contributed by atoms with Crippen molar-refractivity contribution in [2.45, 2.75) is 29.9 Å². The van der Waals surface area contributed by atoms with Crippen molar-refractivity contribution >= 4 is 60.9 Å². The fourth-order valence-corrected chi connectivity index (χ4v) is 4.70. The number of ether oxygens (including phenoxy) is 1. The topological polar surface area (TPSA) is 118 Å². The molecule has 166 valence electrons. The molecule has 2 atom stereocenters. The lowest BCUT2D eigenvalue weighted by Crippen LogP contribution is -2.51. The number of piperidine rings is 1. The molecule has 0 unspecified atom stereocenters. The van der Waals surface area contributed by atoms with Crippen LogP contribution in [0.15, 0.2) is 24.7 Å². The lowest BCUT2D eigenvalue weighted by atomic mass is 9.28. The second-order valence-electron chi connectivity index (χ2n) is 8.72. The van der Waals surface area contributed by atoms with Gasteiger partial charge in [0.15, 0.2) is 11.4 Å². The zero-order valence-electron chi connectivity index (χ0n) is 18.8. The highest BCUT2D eigenvalue weighted by Crippen LogP contribution is 2.38. The van der Waals surface area contributed by atoms with E-state index in [2.05, 4.69) is 25.6 Å². The van der Waals surface area contributed by atoms with Crippen molar-refractivity contribution in [1.82, 2.24) is 29.1 Å². The minimum atomic E-state index is -3.25. The van der Waals surface area contributed by atoms with Gasteiger partial charge in [-0.1, -0.05) is 6.92 Å². The highest BCUT2D eigenvalue weighted by Gasteiger charge is 2.35. The monoisotopic (exact) mass is 469 g/mol. The van der Waals surface area contributed by atoms with Gasteiger partial charge in [0.1, 0.15) is 15.7 Å². The van der Waals surface area contributed by atoms with E-state index in [4.69, 9.17) is 44.0 Å². The Kier molecular flexibility index (Phi) is 6.35. The molecule has 0 saturated carbocycles. The van der Waals surface area contributed by atoms with Crippen LogP contribution in [0.1, 0.15) is 13.3 Å². The fraction of sp³-hybridized carbons (Fsp3) is 0.500. The van der Waals surface area contributed by atoms with Crippen molar-refractivity contribution in [2.24, 2.45) is 5.92 Å². The van der Waals surface area contributed by atoms with Gasteiger partial charge < -0.3 is 10.1 Å². The molecule has 1 fully saturated rings. The van der Waals surface area contributed by atoms with Gasteiger partial charge in [-0.2, -0.15) is 10.1 Å². The molecule has 1 aliphatic rings. The molecule has 3 aromatic rings. The summed E-state index contributed by atoms with van der Waals surface area (Å²) in [6.45, 7) is 2.77. The van der Waals surface area contributed by atoms with Crippen LogP contribution in [0.4, 0.5) is 5.95 Å². The Hall–Kier alpha value is -2.34. The maximum absolute atomic E-state index is 11.9. The number of H-pyrrole nitrogens is 1. The van der Waals surface area contributed by atoms with Crippen molar-refractivity contribution in [3.8, 4) is 16.9 Å². The summed E-state index contributed by atoms with van der Waals surface area (Å²) in [5, 5.41) is 10.2. The highest BCUT2D eigenvalue weighted by molar-refractivity contribution is 7.88. The summed E-state index contributed by atoms with van der Waals surface area (Å²) in [6.07, 6.45) is 6.73. The summed E-state index contributed by atoms with van der Waals surface area (Å²) < 4.78 is 32.5. The zero-order valence-corrected chi connectivity index (χ0v) is 19.7. The number of sulfonamides is 1. The SMILES string of the molecule is [B]C([B])([B])C([B])([B])Oc1c(-c2cn[nH]c2)ccn2nc(N[C@H]3CCN(S(C)(=O)=O)C[C@H]3C)nc12. The number of aromatic amines is 1. The first kappa shape index (κ1) is 24.8. The molecule has 4 heterocycles. The second kappa shape index (κ2) is 8.71. The van der Waals surface area contributed by atoms with E-state index >= 15 is 0 Å². The van der Waals surface area contributed by atoms with Crippen LogP contribution in [0, 0.1) is 5.92 Å². The number of aromatic nitrogens is 5. The Morgan fingerprint density at radius 3 is 2.59 bits per heavy atom. The molecule has 0 spiro atoms. The number of hydrogen-bond donors (Lipinski definition) is 2. The molecule has 0 aromatic carbocycles. The van der Waals surface area contributed by atoms with E-state index in [-0.39, 0.29) is 23.4 Å². The van der Waals surface area contributed by atoms with E-state index in [1.165, 1.54) is 15.1 Å². The van der Waals surface area contributed by atoms with Crippen LogP contribution in [0.2, 0.25) is 5.11 Å².